The van der Waals surface area contributed by atoms with Gasteiger partial charge in [0.25, 0.3) is 5.91 Å². The number of carbonyl (C=O) groups excluding carboxylic acids is 1. The summed E-state index contributed by atoms with van der Waals surface area (Å²) in [6.07, 6.45) is -4.43. The monoisotopic (exact) mass is 343 g/mol. The molecule has 104 valence electrons. The first-order valence-electron chi connectivity index (χ1n) is 5.60. The lowest BCUT2D eigenvalue weighted by Gasteiger charge is -2.10. The van der Waals surface area contributed by atoms with E-state index in [1.165, 1.54) is 12.1 Å². The number of anilines is 1. The highest BCUT2D eigenvalue weighted by atomic mass is 79.9. The Morgan fingerprint density at radius 3 is 2.30 bits per heavy atom. The van der Waals surface area contributed by atoms with Gasteiger partial charge in [-0.05, 0) is 42.5 Å². The molecule has 2 aromatic rings. The molecular formula is C14H9BrF3NO. The van der Waals surface area contributed by atoms with Crippen LogP contribution >= 0.6 is 15.9 Å². The minimum atomic E-state index is -4.43. The lowest BCUT2D eigenvalue weighted by molar-refractivity contribution is -0.137. The second-order valence-electron chi connectivity index (χ2n) is 4.04. The molecule has 0 atom stereocenters. The molecule has 0 aliphatic rings. The molecule has 2 aromatic carbocycles. The molecule has 0 saturated carbocycles. The second-order valence-corrected chi connectivity index (χ2v) is 4.96. The van der Waals surface area contributed by atoms with Crippen LogP contribution in [0.5, 0.6) is 0 Å². The van der Waals surface area contributed by atoms with Crippen molar-refractivity contribution in [2.45, 2.75) is 6.18 Å². The lowest BCUT2D eigenvalue weighted by atomic mass is 10.1. The third-order valence-electron chi connectivity index (χ3n) is 2.55. The minimum Gasteiger partial charge on any atom is -0.322 e. The summed E-state index contributed by atoms with van der Waals surface area (Å²) in [7, 11) is 0. The summed E-state index contributed by atoms with van der Waals surface area (Å²) in [6, 6.07) is 11.0. The van der Waals surface area contributed by atoms with Crippen LogP contribution in [0.2, 0.25) is 0 Å². The molecule has 2 nitrogen and oxygen atoms in total. The van der Waals surface area contributed by atoms with Crippen molar-refractivity contribution in [2.75, 3.05) is 5.32 Å². The molecule has 0 aliphatic heterocycles. The van der Waals surface area contributed by atoms with Crippen LogP contribution in [0.25, 0.3) is 0 Å². The molecule has 0 aromatic heterocycles. The molecule has 20 heavy (non-hydrogen) atoms. The first-order chi connectivity index (χ1) is 9.36. The van der Waals surface area contributed by atoms with Crippen molar-refractivity contribution in [1.82, 2.24) is 0 Å². The first-order valence-corrected chi connectivity index (χ1v) is 6.40. The van der Waals surface area contributed by atoms with Gasteiger partial charge >= 0.3 is 6.18 Å². The number of amides is 1. The molecule has 0 heterocycles. The Kier molecular flexibility index (Phi) is 4.13. The van der Waals surface area contributed by atoms with E-state index in [-0.39, 0.29) is 5.69 Å². The van der Waals surface area contributed by atoms with Gasteiger partial charge in [0.1, 0.15) is 0 Å². The van der Waals surface area contributed by atoms with Crippen molar-refractivity contribution >= 4 is 27.5 Å². The summed E-state index contributed by atoms with van der Waals surface area (Å²) in [6.45, 7) is 0. The van der Waals surface area contributed by atoms with E-state index in [1.807, 2.05) is 0 Å². The molecule has 0 aliphatic carbocycles. The molecule has 1 N–H and O–H groups in total. The van der Waals surface area contributed by atoms with E-state index < -0.39 is 17.6 Å². The number of benzene rings is 2. The summed E-state index contributed by atoms with van der Waals surface area (Å²) in [4.78, 5) is 11.9. The number of hydrogen-bond acceptors (Lipinski definition) is 1. The van der Waals surface area contributed by atoms with Crippen molar-refractivity contribution in [3.05, 3.63) is 64.1 Å². The topological polar surface area (TPSA) is 29.1 Å². The standard InChI is InChI=1S/C14H9BrF3NO/c15-11-6-4-9(5-7-11)13(20)19-12-3-1-2-10(8-12)14(16,17)18/h1-8H,(H,19,20). The van der Waals surface area contributed by atoms with Crippen molar-refractivity contribution in [2.24, 2.45) is 0 Å². The minimum absolute atomic E-state index is 0.104. The van der Waals surface area contributed by atoms with E-state index >= 15 is 0 Å². The van der Waals surface area contributed by atoms with Crippen molar-refractivity contribution in [3.63, 3.8) is 0 Å². The van der Waals surface area contributed by atoms with Crippen molar-refractivity contribution in [1.29, 1.82) is 0 Å². The smallest absolute Gasteiger partial charge is 0.322 e. The Morgan fingerprint density at radius 2 is 1.70 bits per heavy atom. The quantitative estimate of drug-likeness (QED) is 0.839. The number of rotatable bonds is 2. The van der Waals surface area contributed by atoms with Gasteiger partial charge in [-0.2, -0.15) is 13.2 Å². The Bertz CT molecular complexity index is 623. The summed E-state index contributed by atoms with van der Waals surface area (Å²) in [5.74, 6) is -0.461. The predicted octanol–water partition coefficient (Wildman–Crippen LogP) is 4.72. The van der Waals surface area contributed by atoms with Gasteiger partial charge in [0.2, 0.25) is 0 Å². The number of hydrogen-bond donors (Lipinski definition) is 1. The molecule has 0 fully saturated rings. The van der Waals surface area contributed by atoms with Crippen LogP contribution in [0.1, 0.15) is 15.9 Å². The average molecular weight is 344 g/mol. The molecule has 0 unspecified atom stereocenters. The summed E-state index contributed by atoms with van der Waals surface area (Å²) < 4.78 is 38.5. The van der Waals surface area contributed by atoms with Crippen molar-refractivity contribution < 1.29 is 18.0 Å². The fourth-order valence-electron chi connectivity index (χ4n) is 1.58. The molecule has 1 amide bonds. The molecule has 0 spiro atoms. The van der Waals surface area contributed by atoms with Crippen LogP contribution in [0.3, 0.4) is 0 Å². The Labute approximate surface area is 121 Å². The number of nitrogens with one attached hydrogen (secondary N) is 1. The second kappa shape index (κ2) is 5.66. The predicted molar refractivity (Wildman–Crippen MR) is 73.5 cm³/mol. The molecule has 0 bridgehead atoms. The van der Waals surface area contributed by atoms with E-state index in [2.05, 4.69) is 21.2 Å². The van der Waals surface area contributed by atoms with Gasteiger partial charge in [-0.25, -0.2) is 0 Å². The highest BCUT2D eigenvalue weighted by Crippen LogP contribution is 2.30. The molecule has 6 heteroatoms. The van der Waals surface area contributed by atoms with Crippen LogP contribution in [-0.4, -0.2) is 5.91 Å². The van der Waals surface area contributed by atoms with Gasteiger partial charge in [-0.3, -0.25) is 4.79 Å². The van der Waals surface area contributed by atoms with E-state index in [9.17, 15) is 18.0 Å². The maximum absolute atomic E-state index is 12.6. The third-order valence-corrected chi connectivity index (χ3v) is 3.08. The van der Waals surface area contributed by atoms with Crippen LogP contribution in [0, 0.1) is 0 Å². The highest BCUT2D eigenvalue weighted by Gasteiger charge is 2.30. The van der Waals surface area contributed by atoms with Crippen LogP contribution < -0.4 is 5.32 Å². The average Bonchev–Trinajstić information content (AvgIpc) is 2.38. The zero-order valence-electron chi connectivity index (χ0n) is 10.0. The van der Waals surface area contributed by atoms with E-state index in [0.29, 0.717) is 5.56 Å². The highest BCUT2D eigenvalue weighted by molar-refractivity contribution is 9.10. The largest absolute Gasteiger partial charge is 0.416 e. The van der Waals surface area contributed by atoms with Gasteiger partial charge in [0, 0.05) is 15.7 Å². The van der Waals surface area contributed by atoms with Gasteiger partial charge in [0.15, 0.2) is 0 Å². The zero-order valence-corrected chi connectivity index (χ0v) is 11.6. The Balaban J connectivity index is 2.18. The van der Waals surface area contributed by atoms with E-state index in [0.717, 1.165) is 16.6 Å². The van der Waals surface area contributed by atoms with Crippen LogP contribution in [-0.2, 0) is 6.18 Å². The normalized spacial score (nSPS) is 11.2. The van der Waals surface area contributed by atoms with Crippen LogP contribution in [0.4, 0.5) is 18.9 Å². The van der Waals surface area contributed by atoms with E-state index in [4.69, 9.17) is 0 Å². The summed E-state index contributed by atoms with van der Waals surface area (Å²) in [5.41, 5.74) is -0.329. The molecule has 0 saturated heterocycles. The van der Waals surface area contributed by atoms with Gasteiger partial charge in [-0.1, -0.05) is 22.0 Å². The van der Waals surface area contributed by atoms with Gasteiger partial charge in [0.05, 0.1) is 5.56 Å². The SMILES string of the molecule is O=C(Nc1cccc(C(F)(F)F)c1)c1ccc(Br)cc1. The van der Waals surface area contributed by atoms with Gasteiger partial charge < -0.3 is 5.32 Å². The fraction of sp³-hybridized carbons (Fsp3) is 0.0714. The third kappa shape index (κ3) is 3.60. The van der Waals surface area contributed by atoms with E-state index in [1.54, 1.807) is 24.3 Å². The maximum Gasteiger partial charge on any atom is 0.416 e. The molecule has 0 radical (unpaired) electrons. The summed E-state index contributed by atoms with van der Waals surface area (Å²) in [5, 5.41) is 2.44. The van der Waals surface area contributed by atoms with Gasteiger partial charge in [-0.15, -0.1) is 0 Å². The zero-order chi connectivity index (χ0) is 14.8. The van der Waals surface area contributed by atoms with Crippen molar-refractivity contribution in [3.8, 4) is 0 Å². The maximum atomic E-state index is 12.6. The Hall–Kier alpha value is -1.82. The number of alkyl halides is 3. The fourth-order valence-corrected chi connectivity index (χ4v) is 1.84. The lowest BCUT2D eigenvalue weighted by Crippen LogP contribution is -2.13. The Morgan fingerprint density at radius 1 is 1.05 bits per heavy atom. The molecule has 2 rings (SSSR count). The number of carbonyl (C=O) groups is 1. The molecular weight excluding hydrogens is 335 g/mol. The summed E-state index contributed by atoms with van der Waals surface area (Å²) >= 11 is 3.24. The number of halogens is 4. The van der Waals surface area contributed by atoms with Crippen LogP contribution in [0.15, 0.2) is 53.0 Å². The first kappa shape index (κ1) is 14.6.